The van der Waals surface area contributed by atoms with Crippen LogP contribution >= 0.6 is 11.6 Å². The van der Waals surface area contributed by atoms with Crippen molar-refractivity contribution in [2.45, 2.75) is 12.5 Å². The van der Waals surface area contributed by atoms with Crippen molar-refractivity contribution in [2.75, 3.05) is 24.5 Å². The number of benzene rings is 1. The van der Waals surface area contributed by atoms with Crippen molar-refractivity contribution in [2.24, 2.45) is 5.92 Å². The van der Waals surface area contributed by atoms with Crippen molar-refractivity contribution >= 4 is 29.1 Å². The first-order valence-corrected chi connectivity index (χ1v) is 9.00. The van der Waals surface area contributed by atoms with Crippen molar-refractivity contribution in [3.05, 3.63) is 53.4 Å². The third-order valence-corrected chi connectivity index (χ3v) is 4.98. The Bertz CT molecular complexity index is 854. The molecule has 0 radical (unpaired) electrons. The Kier molecular flexibility index (Phi) is 4.70. The largest absolute Gasteiger partial charge is 0.471 e. The van der Waals surface area contributed by atoms with Crippen LogP contribution in [0.15, 0.2) is 42.6 Å². The Morgan fingerprint density at radius 1 is 1.15 bits per heavy atom. The summed E-state index contributed by atoms with van der Waals surface area (Å²) in [7, 11) is 0. The summed E-state index contributed by atoms with van der Waals surface area (Å²) in [6.07, 6.45) is 1.55. The fourth-order valence-electron chi connectivity index (χ4n) is 3.30. The maximum Gasteiger partial charge on any atom is 0.228 e. The van der Waals surface area contributed by atoms with Gasteiger partial charge >= 0.3 is 0 Å². The van der Waals surface area contributed by atoms with E-state index in [1.54, 1.807) is 29.2 Å². The molecule has 2 amide bonds. The predicted molar refractivity (Wildman–Crippen MR) is 97.1 cm³/mol. The van der Waals surface area contributed by atoms with Crippen LogP contribution in [0.5, 0.6) is 5.88 Å². The highest BCUT2D eigenvalue weighted by Crippen LogP contribution is 2.28. The molecule has 0 bridgehead atoms. The minimum atomic E-state index is -0.392. The number of hydrogen-bond acceptors (Lipinski definition) is 4. The molecule has 8 heteroatoms. The summed E-state index contributed by atoms with van der Waals surface area (Å²) in [6, 6.07) is 9.09. The Morgan fingerprint density at radius 2 is 1.89 bits per heavy atom. The lowest BCUT2D eigenvalue weighted by Crippen LogP contribution is -2.57. The maximum atomic E-state index is 13.1. The maximum absolute atomic E-state index is 13.1. The molecule has 3 heterocycles. The SMILES string of the molecule is O=C(C1CC(=O)N(c2ccc(F)cc2)C1)N1CC(Oc2ccc(Cl)cn2)C1. The highest BCUT2D eigenvalue weighted by Gasteiger charge is 2.41. The van der Waals surface area contributed by atoms with Gasteiger partial charge in [-0.1, -0.05) is 11.6 Å². The van der Waals surface area contributed by atoms with E-state index in [2.05, 4.69) is 4.98 Å². The summed E-state index contributed by atoms with van der Waals surface area (Å²) < 4.78 is 18.8. The molecule has 1 unspecified atom stereocenters. The normalized spacial score (nSPS) is 19.9. The predicted octanol–water partition coefficient (Wildman–Crippen LogP) is 2.52. The van der Waals surface area contributed by atoms with Crippen LogP contribution in [-0.2, 0) is 9.59 Å². The molecule has 1 aromatic heterocycles. The summed E-state index contributed by atoms with van der Waals surface area (Å²) in [4.78, 5) is 32.2. The number of halogens is 2. The van der Waals surface area contributed by atoms with Crippen LogP contribution in [-0.4, -0.2) is 47.4 Å². The molecule has 140 valence electrons. The molecule has 27 heavy (non-hydrogen) atoms. The summed E-state index contributed by atoms with van der Waals surface area (Å²) in [5.74, 6) is -0.470. The van der Waals surface area contributed by atoms with Crippen LogP contribution in [0.4, 0.5) is 10.1 Å². The number of rotatable bonds is 4. The van der Waals surface area contributed by atoms with Gasteiger partial charge in [0, 0.05) is 30.9 Å². The molecule has 1 aromatic carbocycles. The molecule has 2 fully saturated rings. The smallest absolute Gasteiger partial charge is 0.228 e. The Morgan fingerprint density at radius 3 is 2.56 bits per heavy atom. The highest BCUT2D eigenvalue weighted by atomic mass is 35.5. The lowest BCUT2D eigenvalue weighted by molar-refractivity contribution is -0.144. The number of hydrogen-bond donors (Lipinski definition) is 0. The van der Waals surface area contributed by atoms with E-state index in [0.29, 0.717) is 36.2 Å². The standard InChI is InChI=1S/C19H17ClFN3O3/c20-13-1-6-17(22-8-13)27-16-10-23(11-16)19(26)12-7-18(25)24(9-12)15-4-2-14(21)3-5-15/h1-6,8,12,16H,7,9-11H2. The van der Waals surface area contributed by atoms with E-state index in [4.69, 9.17) is 16.3 Å². The quantitative estimate of drug-likeness (QED) is 0.806. The average molecular weight is 390 g/mol. The first-order valence-electron chi connectivity index (χ1n) is 8.62. The molecule has 6 nitrogen and oxygen atoms in total. The number of ether oxygens (including phenoxy) is 1. The van der Waals surface area contributed by atoms with Crippen LogP contribution in [0.1, 0.15) is 6.42 Å². The van der Waals surface area contributed by atoms with E-state index >= 15 is 0 Å². The minimum absolute atomic E-state index is 0.0584. The topological polar surface area (TPSA) is 62.7 Å². The van der Waals surface area contributed by atoms with Gasteiger partial charge in [-0.25, -0.2) is 9.37 Å². The van der Waals surface area contributed by atoms with Gasteiger partial charge in [0.1, 0.15) is 11.9 Å². The Labute approximate surface area is 160 Å². The number of carbonyl (C=O) groups is 2. The van der Waals surface area contributed by atoms with Gasteiger partial charge in [-0.2, -0.15) is 0 Å². The molecule has 0 spiro atoms. The van der Waals surface area contributed by atoms with Crippen LogP contribution < -0.4 is 9.64 Å². The van der Waals surface area contributed by atoms with Crippen molar-refractivity contribution < 1.29 is 18.7 Å². The highest BCUT2D eigenvalue weighted by molar-refractivity contribution is 6.30. The van der Waals surface area contributed by atoms with Crippen LogP contribution in [0, 0.1) is 11.7 Å². The van der Waals surface area contributed by atoms with E-state index in [0.717, 1.165) is 0 Å². The molecule has 2 aromatic rings. The molecule has 0 aliphatic carbocycles. The molecule has 0 N–H and O–H groups in total. The van der Waals surface area contributed by atoms with E-state index < -0.39 is 5.92 Å². The van der Waals surface area contributed by atoms with Crippen molar-refractivity contribution in [3.63, 3.8) is 0 Å². The molecule has 2 aliphatic rings. The van der Waals surface area contributed by atoms with E-state index in [-0.39, 0.29) is 30.2 Å². The fraction of sp³-hybridized carbons (Fsp3) is 0.316. The van der Waals surface area contributed by atoms with Gasteiger partial charge in [0.05, 0.1) is 24.0 Å². The summed E-state index contributed by atoms with van der Waals surface area (Å²) in [5.41, 5.74) is 0.607. The Hall–Kier alpha value is -2.67. The van der Waals surface area contributed by atoms with Crippen molar-refractivity contribution in [3.8, 4) is 5.88 Å². The van der Waals surface area contributed by atoms with Crippen LogP contribution in [0.25, 0.3) is 0 Å². The third-order valence-electron chi connectivity index (χ3n) is 4.76. The van der Waals surface area contributed by atoms with Crippen molar-refractivity contribution in [1.82, 2.24) is 9.88 Å². The lowest BCUT2D eigenvalue weighted by atomic mass is 10.0. The van der Waals surface area contributed by atoms with Gasteiger partial charge in [0.2, 0.25) is 17.7 Å². The molecule has 1 atom stereocenters. The van der Waals surface area contributed by atoms with E-state index in [9.17, 15) is 14.0 Å². The zero-order chi connectivity index (χ0) is 19.0. The summed E-state index contributed by atoms with van der Waals surface area (Å²) in [6.45, 7) is 1.23. The number of aromatic nitrogens is 1. The number of nitrogens with zero attached hydrogens (tertiary/aromatic N) is 3. The number of amides is 2. The zero-order valence-electron chi connectivity index (χ0n) is 14.3. The zero-order valence-corrected chi connectivity index (χ0v) is 15.1. The second-order valence-electron chi connectivity index (χ2n) is 6.68. The molecule has 2 saturated heterocycles. The second-order valence-corrected chi connectivity index (χ2v) is 7.12. The number of likely N-dealkylation sites (tertiary alicyclic amines) is 1. The van der Waals surface area contributed by atoms with Gasteiger partial charge < -0.3 is 14.5 Å². The summed E-state index contributed by atoms with van der Waals surface area (Å²) >= 11 is 5.79. The second kappa shape index (κ2) is 7.15. The minimum Gasteiger partial charge on any atom is -0.471 e. The molecular formula is C19H17ClFN3O3. The first-order chi connectivity index (χ1) is 13.0. The van der Waals surface area contributed by atoms with Gasteiger partial charge in [0.25, 0.3) is 0 Å². The van der Waals surface area contributed by atoms with Crippen LogP contribution in [0.3, 0.4) is 0 Å². The van der Waals surface area contributed by atoms with Crippen molar-refractivity contribution in [1.29, 1.82) is 0 Å². The van der Waals surface area contributed by atoms with Gasteiger partial charge in [-0.3, -0.25) is 9.59 Å². The van der Waals surface area contributed by atoms with E-state index in [1.807, 2.05) is 0 Å². The molecule has 4 rings (SSSR count). The molecular weight excluding hydrogens is 373 g/mol. The number of carbonyl (C=O) groups excluding carboxylic acids is 2. The number of pyridine rings is 1. The summed E-state index contributed by atoms with van der Waals surface area (Å²) in [5, 5.41) is 0.532. The number of anilines is 1. The monoisotopic (exact) mass is 389 g/mol. The fourth-order valence-corrected chi connectivity index (χ4v) is 3.41. The van der Waals surface area contributed by atoms with Gasteiger partial charge in [0.15, 0.2) is 0 Å². The van der Waals surface area contributed by atoms with Crippen LogP contribution in [0.2, 0.25) is 5.02 Å². The molecule has 0 saturated carbocycles. The Balaban J connectivity index is 1.31. The van der Waals surface area contributed by atoms with Gasteiger partial charge in [-0.05, 0) is 30.3 Å². The average Bonchev–Trinajstić information content (AvgIpc) is 3.01. The lowest BCUT2D eigenvalue weighted by Gasteiger charge is -2.39. The van der Waals surface area contributed by atoms with Gasteiger partial charge in [-0.15, -0.1) is 0 Å². The first kappa shape index (κ1) is 17.7. The third kappa shape index (κ3) is 3.73. The molecule has 2 aliphatic heterocycles. The van der Waals surface area contributed by atoms with E-state index in [1.165, 1.54) is 23.2 Å².